The lowest BCUT2D eigenvalue weighted by Gasteiger charge is -2.17. The number of amides is 2. The van der Waals surface area contributed by atoms with Gasteiger partial charge in [0.25, 0.3) is 5.91 Å². The van der Waals surface area contributed by atoms with Crippen LogP contribution in [-0.2, 0) is 4.79 Å². The summed E-state index contributed by atoms with van der Waals surface area (Å²) in [5, 5.41) is 24.5. The van der Waals surface area contributed by atoms with Gasteiger partial charge in [0, 0.05) is 22.1 Å². The van der Waals surface area contributed by atoms with Gasteiger partial charge in [0.2, 0.25) is 16.2 Å². The maximum atomic E-state index is 13.3. The van der Waals surface area contributed by atoms with E-state index in [-0.39, 0.29) is 17.0 Å². The van der Waals surface area contributed by atoms with Crippen LogP contribution < -0.4 is 10.6 Å². The first kappa shape index (κ1) is 28.8. The van der Waals surface area contributed by atoms with Gasteiger partial charge < -0.3 is 15.5 Å². The number of nitrogens with one attached hydrogen (secondary N) is 2. The molecule has 0 spiro atoms. The Hall–Kier alpha value is -4.20. The van der Waals surface area contributed by atoms with Gasteiger partial charge >= 0.3 is 11.9 Å². The molecule has 2 amide bonds. The van der Waals surface area contributed by atoms with Gasteiger partial charge in [-0.3, -0.25) is 14.9 Å². The lowest BCUT2D eigenvalue weighted by molar-refractivity contribution is -0.115. The van der Waals surface area contributed by atoms with Crippen LogP contribution in [0.15, 0.2) is 82.8 Å². The lowest BCUT2D eigenvalue weighted by atomic mass is 10.0. The average molecular weight is 595 g/mol. The van der Waals surface area contributed by atoms with E-state index in [1.807, 2.05) is 37.3 Å². The first-order valence-electron chi connectivity index (χ1n) is 11.8. The minimum Gasteiger partial charge on any atom is -0.478 e. The number of rotatable bonds is 11. The number of anilines is 2. The van der Waals surface area contributed by atoms with E-state index in [4.69, 9.17) is 5.11 Å². The summed E-state index contributed by atoms with van der Waals surface area (Å²) in [6.45, 7) is 1.99. The molecule has 0 fully saturated rings. The molecule has 0 saturated carbocycles. The molecule has 1 heterocycles. The van der Waals surface area contributed by atoms with Crippen molar-refractivity contribution < 1.29 is 29.4 Å². The molecule has 0 bridgehead atoms. The fourth-order valence-electron chi connectivity index (χ4n) is 3.55. The molecule has 0 radical (unpaired) electrons. The van der Waals surface area contributed by atoms with Gasteiger partial charge in [0.05, 0.1) is 16.7 Å². The van der Waals surface area contributed by atoms with Crippen molar-refractivity contribution in [3.63, 3.8) is 0 Å². The van der Waals surface area contributed by atoms with E-state index in [1.165, 1.54) is 29.6 Å². The monoisotopic (exact) mass is 594 g/mol. The molecule has 0 saturated heterocycles. The lowest BCUT2D eigenvalue weighted by Crippen LogP contribution is -2.19. The SMILES string of the molecule is CCSc1nsc(NC(=O)C(Sc2cccc(NC(=O)c3ccc(C(=O)O)cc3C(=O)O)c2)c2ccccc2)n1. The Morgan fingerprint density at radius 3 is 2.38 bits per heavy atom. The number of carboxylic acid groups (broad SMARTS) is 2. The molecule has 4 rings (SSSR count). The summed E-state index contributed by atoms with van der Waals surface area (Å²) in [4.78, 5) is 54.2. The van der Waals surface area contributed by atoms with Crippen molar-refractivity contribution in [3.8, 4) is 0 Å². The summed E-state index contributed by atoms with van der Waals surface area (Å²) in [6, 6.07) is 19.3. The highest BCUT2D eigenvalue weighted by atomic mass is 32.2. The third-order valence-corrected chi connectivity index (χ3v) is 8.06. The van der Waals surface area contributed by atoms with Gasteiger partial charge in [0.15, 0.2) is 0 Å². The average Bonchev–Trinajstić information content (AvgIpc) is 3.38. The van der Waals surface area contributed by atoms with Crippen LogP contribution in [-0.4, -0.2) is 49.1 Å². The van der Waals surface area contributed by atoms with Crippen LogP contribution in [0.5, 0.6) is 0 Å². The molecular weight excluding hydrogens is 573 g/mol. The summed E-state index contributed by atoms with van der Waals surface area (Å²) in [6.07, 6.45) is 0. The van der Waals surface area contributed by atoms with Crippen molar-refractivity contribution in [1.29, 1.82) is 0 Å². The number of benzene rings is 3. The van der Waals surface area contributed by atoms with Crippen LogP contribution in [0.3, 0.4) is 0 Å². The molecule has 40 heavy (non-hydrogen) atoms. The predicted molar refractivity (Wildman–Crippen MR) is 155 cm³/mol. The number of carbonyl (C=O) groups is 4. The molecule has 1 aromatic heterocycles. The molecule has 3 aromatic carbocycles. The number of carbonyl (C=O) groups excluding carboxylic acids is 2. The molecule has 0 aliphatic rings. The normalized spacial score (nSPS) is 11.4. The summed E-state index contributed by atoms with van der Waals surface area (Å²) >= 11 is 3.85. The molecule has 0 aliphatic heterocycles. The third-order valence-electron chi connectivity index (χ3n) is 5.34. The number of carboxylic acids is 2. The Morgan fingerprint density at radius 2 is 1.68 bits per heavy atom. The van der Waals surface area contributed by atoms with Gasteiger partial charge in [-0.25, -0.2) is 9.59 Å². The largest absolute Gasteiger partial charge is 0.478 e. The van der Waals surface area contributed by atoms with Crippen LogP contribution in [0.25, 0.3) is 0 Å². The standard InChI is InChI=1S/C27H22N4O6S3/c1-2-38-27-30-26(40-31-27)29-23(33)21(15-7-4-3-5-8-15)39-18-10-6-9-17(14-18)28-22(32)19-12-11-16(24(34)35)13-20(19)25(36)37/h3-14,21H,2H2,1H3,(H,28,32)(H,34,35)(H,36,37)(H,29,30,31,33). The number of aromatic carboxylic acids is 2. The Morgan fingerprint density at radius 1 is 0.900 bits per heavy atom. The van der Waals surface area contributed by atoms with Crippen molar-refractivity contribution in [2.45, 2.75) is 22.2 Å². The second kappa shape index (κ2) is 13.2. The van der Waals surface area contributed by atoms with E-state index < -0.39 is 28.7 Å². The third kappa shape index (κ3) is 7.25. The van der Waals surface area contributed by atoms with E-state index in [2.05, 4.69) is 20.0 Å². The second-order valence-corrected chi connectivity index (χ2v) is 11.2. The van der Waals surface area contributed by atoms with E-state index >= 15 is 0 Å². The van der Waals surface area contributed by atoms with Crippen molar-refractivity contribution in [2.75, 3.05) is 16.4 Å². The smallest absolute Gasteiger partial charge is 0.336 e. The van der Waals surface area contributed by atoms with Crippen molar-refractivity contribution in [3.05, 3.63) is 95.1 Å². The van der Waals surface area contributed by atoms with Gasteiger partial charge in [-0.15, -0.1) is 11.8 Å². The van der Waals surface area contributed by atoms with Gasteiger partial charge in [-0.1, -0.05) is 55.1 Å². The van der Waals surface area contributed by atoms with E-state index in [0.29, 0.717) is 20.9 Å². The summed E-state index contributed by atoms with van der Waals surface area (Å²) in [5.74, 6) is -2.93. The fraction of sp³-hybridized carbons (Fsp3) is 0.111. The zero-order chi connectivity index (χ0) is 28.6. The van der Waals surface area contributed by atoms with Crippen LogP contribution in [0.2, 0.25) is 0 Å². The number of hydrogen-bond donors (Lipinski definition) is 4. The van der Waals surface area contributed by atoms with E-state index in [9.17, 15) is 24.3 Å². The topological polar surface area (TPSA) is 159 Å². The number of aromatic nitrogens is 2. The highest BCUT2D eigenvalue weighted by molar-refractivity contribution is 8.00. The van der Waals surface area contributed by atoms with Crippen molar-refractivity contribution in [2.24, 2.45) is 0 Å². The molecule has 204 valence electrons. The van der Waals surface area contributed by atoms with E-state index in [1.54, 1.807) is 24.3 Å². The Kier molecular flexibility index (Phi) is 9.53. The quantitative estimate of drug-likeness (QED) is 0.157. The highest BCUT2D eigenvalue weighted by Gasteiger charge is 2.24. The zero-order valence-corrected chi connectivity index (χ0v) is 23.3. The van der Waals surface area contributed by atoms with Crippen LogP contribution >= 0.6 is 35.1 Å². The number of hydrogen-bond acceptors (Lipinski definition) is 9. The molecule has 13 heteroatoms. The number of thioether (sulfide) groups is 2. The Labute approximate surface area is 241 Å². The minimum atomic E-state index is -1.43. The zero-order valence-electron chi connectivity index (χ0n) is 20.9. The van der Waals surface area contributed by atoms with Crippen molar-refractivity contribution in [1.82, 2.24) is 9.36 Å². The fourth-order valence-corrected chi connectivity index (χ4v) is 5.91. The summed E-state index contributed by atoms with van der Waals surface area (Å²) in [7, 11) is 0. The Bertz CT molecular complexity index is 1560. The molecular formula is C27H22N4O6S3. The molecule has 4 aromatic rings. The van der Waals surface area contributed by atoms with Gasteiger partial charge in [-0.2, -0.15) is 9.36 Å². The van der Waals surface area contributed by atoms with Crippen LogP contribution in [0.4, 0.5) is 10.8 Å². The molecule has 1 atom stereocenters. The second-order valence-electron chi connectivity index (χ2n) is 8.07. The highest BCUT2D eigenvalue weighted by Crippen LogP contribution is 2.37. The van der Waals surface area contributed by atoms with Gasteiger partial charge in [0.1, 0.15) is 5.25 Å². The first-order chi connectivity index (χ1) is 19.2. The van der Waals surface area contributed by atoms with Crippen LogP contribution in [0, 0.1) is 0 Å². The minimum absolute atomic E-state index is 0.185. The Balaban J connectivity index is 1.55. The maximum absolute atomic E-state index is 13.3. The molecule has 4 N–H and O–H groups in total. The predicted octanol–water partition coefficient (Wildman–Crippen LogP) is 5.77. The van der Waals surface area contributed by atoms with Gasteiger partial charge in [-0.05, 0) is 47.7 Å². The van der Waals surface area contributed by atoms with Crippen LogP contribution in [0.1, 0.15) is 48.8 Å². The maximum Gasteiger partial charge on any atom is 0.336 e. The molecule has 1 unspecified atom stereocenters. The van der Waals surface area contributed by atoms with Crippen molar-refractivity contribution >= 4 is 69.6 Å². The van der Waals surface area contributed by atoms with E-state index in [0.717, 1.165) is 35.0 Å². The summed E-state index contributed by atoms with van der Waals surface area (Å²) < 4.78 is 4.24. The first-order valence-corrected chi connectivity index (χ1v) is 14.4. The molecule has 10 nitrogen and oxygen atoms in total. The summed E-state index contributed by atoms with van der Waals surface area (Å²) in [5.41, 5.74) is 0.269. The molecule has 0 aliphatic carbocycles. The number of nitrogens with zero attached hydrogens (tertiary/aromatic N) is 2.